The summed E-state index contributed by atoms with van der Waals surface area (Å²) in [6.45, 7) is 9.14. The predicted molar refractivity (Wildman–Crippen MR) is 53.8 cm³/mol. The largest absolute Gasteiger partial charge is 0.390 e. The average Bonchev–Trinajstić information content (AvgIpc) is 1.89. The Hall–Kier alpha value is 0.0500. The molecule has 58 valence electrons. The van der Waals surface area contributed by atoms with Gasteiger partial charge < -0.3 is 0 Å². The van der Waals surface area contributed by atoms with Crippen molar-refractivity contribution in [1.82, 2.24) is 0 Å². The normalized spacial score (nSPS) is 15.7. The molecule has 0 aliphatic rings. The molecule has 0 heterocycles. The van der Waals surface area contributed by atoms with E-state index in [-0.39, 0.29) is 0 Å². The van der Waals surface area contributed by atoms with Crippen molar-refractivity contribution < 1.29 is 3.07 Å². The summed E-state index contributed by atoms with van der Waals surface area (Å²) in [5.74, 6) is 0. The Kier molecular flexibility index (Phi) is 4.83. The van der Waals surface area contributed by atoms with Crippen molar-refractivity contribution in [2.24, 2.45) is 0 Å². The summed E-state index contributed by atoms with van der Waals surface area (Å²) in [4.78, 5) is 3.66. The van der Waals surface area contributed by atoms with E-state index in [2.05, 4.69) is 16.3 Å². The number of rotatable bonds is 4. The molecule has 0 aromatic carbocycles. The first-order chi connectivity index (χ1) is 4.68. The Morgan fingerprint density at radius 3 is 2.70 bits per heavy atom. The molecule has 1 unspecified atom stereocenters. The van der Waals surface area contributed by atoms with Crippen LogP contribution in [0.2, 0.25) is 0 Å². The van der Waals surface area contributed by atoms with Crippen molar-refractivity contribution in [2.45, 2.75) is 32.4 Å². The van der Waals surface area contributed by atoms with Gasteiger partial charge in [-0.3, -0.25) is 0 Å². The van der Waals surface area contributed by atoms with Crippen LogP contribution in [0.5, 0.6) is 0 Å². The lowest BCUT2D eigenvalue weighted by atomic mass is 10.1. The maximum absolute atomic E-state index is 5.33. The van der Waals surface area contributed by atoms with Gasteiger partial charge in [0.15, 0.2) is 0 Å². The highest BCUT2D eigenvalue weighted by molar-refractivity contribution is 14.2. The van der Waals surface area contributed by atoms with Crippen LogP contribution in [-0.4, -0.2) is 10.2 Å². The lowest BCUT2D eigenvalue weighted by molar-refractivity contribution is 0.193. The molecule has 0 spiro atoms. The van der Waals surface area contributed by atoms with Gasteiger partial charge in [-0.1, -0.05) is 6.92 Å². The lowest BCUT2D eigenvalue weighted by Crippen LogP contribution is -2.19. The molecule has 0 rings (SSSR count). The molecule has 10 heavy (non-hydrogen) atoms. The van der Waals surface area contributed by atoms with Gasteiger partial charge in [0.2, 0.25) is 0 Å². The van der Waals surface area contributed by atoms with Crippen LogP contribution in [0.3, 0.4) is 0 Å². The molecule has 0 aliphatic carbocycles. The summed E-state index contributed by atoms with van der Waals surface area (Å²) >= 11 is -0.425. The third-order valence-corrected chi connectivity index (χ3v) is 2.47. The van der Waals surface area contributed by atoms with Crippen LogP contribution in [0.15, 0.2) is 0 Å². The molecule has 0 radical (unpaired) electrons. The van der Waals surface area contributed by atoms with E-state index >= 15 is 0 Å². The van der Waals surface area contributed by atoms with Gasteiger partial charge in [0.25, 0.3) is 6.57 Å². The predicted octanol–water partition coefficient (Wildman–Crippen LogP) is 2.80. The Bertz CT molecular complexity index is 152. The molecule has 0 aromatic heterocycles. The zero-order valence-corrected chi connectivity index (χ0v) is 8.59. The fraction of sp³-hybridized carbons (Fsp3) is 0.714. The minimum absolute atomic E-state index is 0.425. The molecule has 0 N–H and O–H groups in total. The fourth-order valence-corrected chi connectivity index (χ4v) is 1.71. The van der Waals surface area contributed by atoms with Crippen molar-refractivity contribution >= 4 is 25.7 Å². The molecular formula is C7H13INO+. The molecule has 0 bridgehead atoms. The van der Waals surface area contributed by atoms with Crippen molar-refractivity contribution in [3.8, 4) is 6.57 Å². The second-order valence-corrected chi connectivity index (χ2v) is 3.30. The Morgan fingerprint density at radius 1 is 1.80 bits per heavy atom. The highest BCUT2D eigenvalue weighted by Gasteiger charge is 2.33. The quantitative estimate of drug-likeness (QED) is 0.703. The van der Waals surface area contributed by atoms with E-state index in [0.717, 1.165) is 12.8 Å². The molecule has 1 atom stereocenters. The number of hydrogen-bond acceptors (Lipinski definition) is 1. The van der Waals surface area contributed by atoms with Crippen molar-refractivity contribution in [3.05, 3.63) is 4.85 Å². The lowest BCUT2D eigenvalue weighted by Gasteiger charge is -2.07. The van der Waals surface area contributed by atoms with Gasteiger partial charge in [0, 0.05) is 28.1 Å². The van der Waals surface area contributed by atoms with Gasteiger partial charge in [0.05, 0.1) is 6.42 Å². The first-order valence-electron chi connectivity index (χ1n) is 3.17. The molecular weight excluding hydrogens is 241 g/mol. The molecule has 0 fully saturated rings. The summed E-state index contributed by atoms with van der Waals surface area (Å²) in [6.07, 6.45) is 1.90. The van der Waals surface area contributed by atoms with Gasteiger partial charge in [0.1, 0.15) is 0 Å². The number of halogens is 1. The Morgan fingerprint density at radius 2 is 2.40 bits per heavy atom. The topological polar surface area (TPSA) is 13.6 Å². The van der Waals surface area contributed by atoms with Gasteiger partial charge in [-0.2, -0.15) is 0 Å². The summed E-state index contributed by atoms with van der Waals surface area (Å²) < 4.78 is 9.00. The summed E-state index contributed by atoms with van der Waals surface area (Å²) in [6, 6.07) is 0. The fourth-order valence-electron chi connectivity index (χ4n) is 0.704. The summed E-state index contributed by atoms with van der Waals surface area (Å²) in [7, 11) is 0. The molecule has 0 saturated heterocycles. The second-order valence-electron chi connectivity index (χ2n) is 2.24. The standard InChI is InChI=1S/C7H13INO/c1-5-6-7(2,9-4)10-8-3/h4H,3,5-6H2,1-2H3/q+1. The van der Waals surface area contributed by atoms with E-state index in [1.54, 1.807) is 0 Å². The molecule has 0 amide bonds. The van der Waals surface area contributed by atoms with Crippen LogP contribution in [0, 0.1) is 6.57 Å². The smallest absolute Gasteiger partial charge is 0.242 e. The van der Waals surface area contributed by atoms with E-state index < -0.39 is 26.9 Å². The van der Waals surface area contributed by atoms with Crippen molar-refractivity contribution in [2.75, 3.05) is 0 Å². The van der Waals surface area contributed by atoms with E-state index in [1.807, 2.05) is 6.92 Å². The minimum Gasteiger partial charge on any atom is -0.242 e. The number of hydrogen-bond donors (Lipinski definition) is 0. The summed E-state index contributed by atoms with van der Waals surface area (Å²) in [5, 5.41) is 0. The first kappa shape index (κ1) is 10.0. The van der Waals surface area contributed by atoms with Crippen molar-refractivity contribution in [1.29, 1.82) is 0 Å². The number of nitrogens with zero attached hydrogens (tertiary/aromatic N) is 1. The molecule has 0 saturated carbocycles. The van der Waals surface area contributed by atoms with Crippen molar-refractivity contribution in [3.63, 3.8) is 0 Å². The second kappa shape index (κ2) is 4.80. The van der Waals surface area contributed by atoms with E-state index in [0.29, 0.717) is 0 Å². The Labute approximate surface area is 72.7 Å². The van der Waals surface area contributed by atoms with Crippen LogP contribution in [0.25, 0.3) is 4.85 Å². The molecule has 0 aliphatic heterocycles. The molecule has 0 aromatic rings. The SMILES string of the molecule is C#[N+]C(C)(CCC)OI=C. The summed E-state index contributed by atoms with van der Waals surface area (Å²) in [5.41, 5.74) is -0.468. The monoisotopic (exact) mass is 254 g/mol. The van der Waals surface area contributed by atoms with E-state index in [4.69, 9.17) is 9.64 Å². The molecule has 2 nitrogen and oxygen atoms in total. The zero-order valence-electron chi connectivity index (χ0n) is 6.43. The first-order valence-corrected chi connectivity index (χ1v) is 5.57. The maximum Gasteiger partial charge on any atom is 0.390 e. The van der Waals surface area contributed by atoms with E-state index in [9.17, 15) is 0 Å². The third kappa shape index (κ3) is 3.28. The van der Waals surface area contributed by atoms with E-state index in [1.165, 1.54) is 0 Å². The van der Waals surface area contributed by atoms with Crippen LogP contribution >= 0.6 is 21.1 Å². The Balaban J connectivity index is 3.97. The van der Waals surface area contributed by atoms with Crippen LogP contribution < -0.4 is 0 Å². The van der Waals surface area contributed by atoms with Crippen LogP contribution in [0.1, 0.15) is 26.7 Å². The molecule has 3 heteroatoms. The third-order valence-electron chi connectivity index (χ3n) is 1.21. The van der Waals surface area contributed by atoms with Gasteiger partial charge in [-0.25, -0.2) is 3.07 Å². The van der Waals surface area contributed by atoms with Gasteiger partial charge in [-0.05, 0) is 15.8 Å². The highest BCUT2D eigenvalue weighted by atomic mass is 127. The zero-order chi connectivity index (χ0) is 8.04. The maximum atomic E-state index is 5.33. The van der Waals surface area contributed by atoms with Gasteiger partial charge in [-0.15, -0.1) is 0 Å². The van der Waals surface area contributed by atoms with Crippen LogP contribution in [-0.2, 0) is 3.07 Å². The minimum atomic E-state index is -0.468. The van der Waals surface area contributed by atoms with Gasteiger partial charge >= 0.3 is 5.72 Å². The highest BCUT2D eigenvalue weighted by Crippen LogP contribution is 2.23. The van der Waals surface area contributed by atoms with Crippen LogP contribution in [0.4, 0.5) is 0 Å². The average molecular weight is 254 g/mol.